The summed E-state index contributed by atoms with van der Waals surface area (Å²) in [6.07, 6.45) is 5.14. The lowest BCUT2D eigenvalue weighted by molar-refractivity contribution is 0.107. The van der Waals surface area contributed by atoms with Crippen molar-refractivity contribution in [1.82, 2.24) is 0 Å². The molecule has 0 aliphatic carbocycles. The van der Waals surface area contributed by atoms with Crippen LogP contribution in [0.1, 0.15) is 11.1 Å². The van der Waals surface area contributed by atoms with E-state index in [1.54, 1.807) is 7.11 Å². The highest BCUT2D eigenvalue weighted by Crippen LogP contribution is 2.22. The summed E-state index contributed by atoms with van der Waals surface area (Å²) in [7, 11) is 1.59. The Balaban J connectivity index is 2.12. The van der Waals surface area contributed by atoms with Crippen molar-refractivity contribution in [3.63, 3.8) is 0 Å². The molecular formula is C21H20ClFN2O3. The number of aliphatic hydroxyl groups is 1. The van der Waals surface area contributed by atoms with Crippen LogP contribution < -0.4 is 10.1 Å². The molecule has 146 valence electrons. The number of benzene rings is 2. The van der Waals surface area contributed by atoms with Crippen molar-refractivity contribution < 1.29 is 19.0 Å². The first kappa shape index (κ1) is 21.5. The minimum atomic E-state index is -1.29. The molecule has 1 atom stereocenters. The minimum Gasteiger partial charge on any atom is -0.497 e. The van der Waals surface area contributed by atoms with E-state index in [0.717, 1.165) is 11.3 Å². The van der Waals surface area contributed by atoms with Gasteiger partial charge in [0.25, 0.3) is 0 Å². The molecule has 2 aromatic carbocycles. The van der Waals surface area contributed by atoms with E-state index >= 15 is 0 Å². The van der Waals surface area contributed by atoms with Crippen molar-refractivity contribution in [1.29, 1.82) is 5.41 Å². The largest absolute Gasteiger partial charge is 0.497 e. The van der Waals surface area contributed by atoms with Crippen LogP contribution in [0.25, 0.3) is 0 Å². The molecule has 0 radical (unpaired) electrons. The molecule has 0 saturated heterocycles. The summed E-state index contributed by atoms with van der Waals surface area (Å²) in [4.78, 5) is 0. The maximum atomic E-state index is 13.7. The van der Waals surface area contributed by atoms with E-state index in [0.29, 0.717) is 17.9 Å². The lowest BCUT2D eigenvalue weighted by Crippen LogP contribution is -2.17. The fourth-order valence-electron chi connectivity index (χ4n) is 2.37. The van der Waals surface area contributed by atoms with Gasteiger partial charge in [0.05, 0.1) is 26.0 Å². The van der Waals surface area contributed by atoms with Gasteiger partial charge in [-0.1, -0.05) is 29.7 Å². The zero-order valence-corrected chi connectivity index (χ0v) is 16.0. The molecule has 0 aliphatic rings. The molecule has 0 bridgehead atoms. The highest BCUT2D eigenvalue weighted by Gasteiger charge is 2.12. The number of nitrogens with one attached hydrogen (secondary N) is 2. The average molecular weight is 403 g/mol. The molecule has 3 N–H and O–H groups in total. The highest BCUT2D eigenvalue weighted by molar-refractivity contribution is 6.67. The summed E-state index contributed by atoms with van der Waals surface area (Å²) < 4.78 is 24.5. The molecule has 0 aromatic heterocycles. The maximum Gasteiger partial charge on any atom is 0.154 e. The summed E-state index contributed by atoms with van der Waals surface area (Å²) in [6.45, 7) is 0.436. The zero-order chi connectivity index (χ0) is 20.5. The summed E-state index contributed by atoms with van der Waals surface area (Å²) in [6, 6.07) is 11.5. The van der Waals surface area contributed by atoms with Crippen LogP contribution in [-0.4, -0.2) is 23.5 Å². The van der Waals surface area contributed by atoms with Gasteiger partial charge in [0.15, 0.2) is 6.10 Å². The lowest BCUT2D eigenvalue weighted by atomic mass is 10.1. The molecular weight excluding hydrogens is 383 g/mol. The Hall–Kier alpha value is -2.85. The molecule has 0 spiro atoms. The Morgan fingerprint density at radius 1 is 1.32 bits per heavy atom. The van der Waals surface area contributed by atoms with Gasteiger partial charge < -0.3 is 19.9 Å². The van der Waals surface area contributed by atoms with Crippen molar-refractivity contribution in [3.05, 3.63) is 71.2 Å². The molecule has 0 saturated carbocycles. The Morgan fingerprint density at radius 3 is 2.64 bits per heavy atom. The maximum absolute atomic E-state index is 13.7. The summed E-state index contributed by atoms with van der Waals surface area (Å²) in [5, 5.41) is 19.9. The number of hydrogen-bond donors (Lipinski definition) is 3. The van der Waals surface area contributed by atoms with Crippen LogP contribution in [0.4, 0.5) is 10.1 Å². The van der Waals surface area contributed by atoms with Gasteiger partial charge in [-0.2, -0.15) is 0 Å². The van der Waals surface area contributed by atoms with E-state index < -0.39 is 11.9 Å². The van der Waals surface area contributed by atoms with Gasteiger partial charge >= 0.3 is 0 Å². The van der Waals surface area contributed by atoms with Crippen LogP contribution >= 0.6 is 11.6 Å². The van der Waals surface area contributed by atoms with Crippen LogP contribution in [0.2, 0.25) is 0 Å². The Labute approximate surface area is 168 Å². The van der Waals surface area contributed by atoms with E-state index in [9.17, 15) is 9.50 Å². The molecule has 0 amide bonds. The van der Waals surface area contributed by atoms with E-state index in [1.807, 2.05) is 24.3 Å². The number of halogens is 2. The van der Waals surface area contributed by atoms with Crippen molar-refractivity contribution in [2.24, 2.45) is 0 Å². The van der Waals surface area contributed by atoms with Crippen molar-refractivity contribution in [3.8, 4) is 18.1 Å². The molecule has 7 heteroatoms. The second-order valence-corrected chi connectivity index (χ2v) is 6.19. The van der Waals surface area contributed by atoms with Crippen molar-refractivity contribution in [2.75, 3.05) is 12.4 Å². The Morgan fingerprint density at radius 2 is 2.04 bits per heavy atom. The van der Waals surface area contributed by atoms with Crippen molar-refractivity contribution >= 4 is 22.5 Å². The summed E-state index contributed by atoms with van der Waals surface area (Å²) >= 11 is 5.57. The van der Waals surface area contributed by atoms with E-state index in [2.05, 4.69) is 11.2 Å². The first-order valence-corrected chi connectivity index (χ1v) is 8.66. The standard InChI is InChI=1S/C21H20ClFN2O3/c1-3-20(26)19(11-21(22)24)25-18-9-6-16(23)10-15(18)13-28-12-14-4-7-17(27-2)8-5-14/h1,4-11,20,24-26H,12-13H2,2H3/b19-11-,24-21?. The van der Waals surface area contributed by atoms with Gasteiger partial charge in [0, 0.05) is 11.3 Å². The molecule has 0 aliphatic heterocycles. The molecule has 5 nitrogen and oxygen atoms in total. The normalized spacial score (nSPS) is 12.2. The zero-order valence-electron chi connectivity index (χ0n) is 15.2. The highest BCUT2D eigenvalue weighted by atomic mass is 35.5. The Bertz CT molecular complexity index is 892. The minimum absolute atomic E-state index is 0.115. The molecule has 1 unspecified atom stereocenters. The predicted molar refractivity (Wildman–Crippen MR) is 108 cm³/mol. The molecule has 28 heavy (non-hydrogen) atoms. The SMILES string of the molecule is C#CC(O)/C(=C/C(=N)Cl)Nc1ccc(F)cc1COCc1ccc(OC)cc1. The second-order valence-electron chi connectivity index (χ2n) is 5.78. The summed E-state index contributed by atoms with van der Waals surface area (Å²) in [5.41, 5.74) is 2.07. The predicted octanol–water partition coefficient (Wildman–Crippen LogP) is 4.06. The number of anilines is 1. The lowest BCUT2D eigenvalue weighted by Gasteiger charge is -2.17. The monoisotopic (exact) mass is 402 g/mol. The average Bonchev–Trinajstić information content (AvgIpc) is 2.68. The second kappa shape index (κ2) is 10.5. The third-order valence-corrected chi connectivity index (χ3v) is 3.88. The smallest absolute Gasteiger partial charge is 0.154 e. The van der Waals surface area contributed by atoms with E-state index in [-0.39, 0.29) is 17.5 Å². The molecule has 2 aromatic rings. The van der Waals surface area contributed by atoms with Crippen LogP contribution in [0.5, 0.6) is 5.75 Å². The number of aliphatic hydroxyl groups excluding tert-OH is 1. The fraction of sp³-hybridized carbons (Fsp3) is 0.190. The van der Waals surface area contributed by atoms with Crippen LogP contribution in [0, 0.1) is 23.6 Å². The van der Waals surface area contributed by atoms with Gasteiger partial charge in [-0.3, -0.25) is 5.41 Å². The first-order valence-electron chi connectivity index (χ1n) is 8.29. The topological polar surface area (TPSA) is 74.6 Å². The molecule has 0 fully saturated rings. The van der Waals surface area contributed by atoms with Crippen LogP contribution in [-0.2, 0) is 18.0 Å². The summed E-state index contributed by atoms with van der Waals surface area (Å²) in [5.74, 6) is 2.47. The molecule has 0 heterocycles. The Kier molecular flexibility index (Phi) is 8.02. The number of ether oxygens (including phenoxy) is 2. The van der Waals surface area contributed by atoms with Gasteiger partial charge in [-0.05, 0) is 42.0 Å². The van der Waals surface area contributed by atoms with Gasteiger partial charge in [0.2, 0.25) is 0 Å². The first-order chi connectivity index (χ1) is 13.4. The van der Waals surface area contributed by atoms with Gasteiger partial charge in [-0.15, -0.1) is 6.42 Å². The number of hydrogen-bond acceptors (Lipinski definition) is 5. The van der Waals surface area contributed by atoms with E-state index in [4.69, 9.17) is 32.9 Å². The van der Waals surface area contributed by atoms with Crippen LogP contribution in [0.3, 0.4) is 0 Å². The third kappa shape index (κ3) is 6.39. The molecule has 2 rings (SSSR count). The van der Waals surface area contributed by atoms with Crippen LogP contribution in [0.15, 0.2) is 54.2 Å². The number of rotatable bonds is 9. The fourth-order valence-corrected chi connectivity index (χ4v) is 2.49. The number of terminal acetylenes is 1. The van der Waals surface area contributed by atoms with Gasteiger partial charge in [0.1, 0.15) is 16.7 Å². The number of allylic oxidation sites excluding steroid dienone is 1. The number of methoxy groups -OCH3 is 1. The van der Waals surface area contributed by atoms with Gasteiger partial charge in [-0.25, -0.2) is 4.39 Å². The van der Waals surface area contributed by atoms with E-state index in [1.165, 1.54) is 24.3 Å². The third-order valence-electron chi connectivity index (χ3n) is 3.77. The quantitative estimate of drug-likeness (QED) is 0.437. The van der Waals surface area contributed by atoms with Crippen molar-refractivity contribution in [2.45, 2.75) is 19.3 Å².